The number of rotatable bonds is 5. The second-order valence-electron chi connectivity index (χ2n) is 6.09. The van der Waals surface area contributed by atoms with E-state index in [-0.39, 0.29) is 11.1 Å². The van der Waals surface area contributed by atoms with Gasteiger partial charge in [0.15, 0.2) is 0 Å². The predicted octanol–water partition coefficient (Wildman–Crippen LogP) is 3.62. The minimum absolute atomic E-state index is 0.0402. The number of hydrogen-bond acceptors (Lipinski definition) is 3. The van der Waals surface area contributed by atoms with Gasteiger partial charge in [0.05, 0.1) is 12.8 Å². The number of amides is 1. The second kappa shape index (κ2) is 8.47. The first kappa shape index (κ1) is 18.6. The molecule has 27 heavy (non-hydrogen) atoms. The largest absolute Gasteiger partial charge is 0.310 e. The van der Waals surface area contributed by atoms with Crippen LogP contribution in [0.4, 0.5) is 0 Å². The third-order valence-corrected chi connectivity index (χ3v) is 4.20. The van der Waals surface area contributed by atoms with E-state index in [1.807, 2.05) is 31.2 Å². The summed E-state index contributed by atoms with van der Waals surface area (Å²) in [7, 11) is 0. The summed E-state index contributed by atoms with van der Waals surface area (Å²) in [5, 5.41) is 4.52. The third-order valence-electron chi connectivity index (χ3n) is 3.95. The first-order valence-corrected chi connectivity index (χ1v) is 8.75. The molecule has 0 fully saturated rings. The highest BCUT2D eigenvalue weighted by molar-refractivity contribution is 6.30. The van der Waals surface area contributed by atoms with Crippen molar-refractivity contribution in [3.8, 4) is 0 Å². The van der Waals surface area contributed by atoms with E-state index in [9.17, 15) is 9.59 Å². The lowest BCUT2D eigenvalue weighted by molar-refractivity contribution is 0.0953. The molecule has 1 aromatic heterocycles. The van der Waals surface area contributed by atoms with Gasteiger partial charge < -0.3 is 4.57 Å². The zero-order valence-electron chi connectivity index (χ0n) is 14.7. The van der Waals surface area contributed by atoms with Crippen LogP contribution in [0.3, 0.4) is 0 Å². The molecule has 0 unspecified atom stereocenters. The third kappa shape index (κ3) is 4.92. The van der Waals surface area contributed by atoms with Gasteiger partial charge in [0.1, 0.15) is 5.56 Å². The number of pyridine rings is 1. The molecule has 0 spiro atoms. The number of aromatic nitrogens is 1. The summed E-state index contributed by atoms with van der Waals surface area (Å²) < 4.78 is 1.51. The number of hydrogen-bond donors (Lipinski definition) is 1. The van der Waals surface area contributed by atoms with Crippen LogP contribution in [0, 0.1) is 6.92 Å². The highest BCUT2D eigenvalue weighted by Gasteiger charge is 2.11. The number of nitrogens with zero attached hydrogens (tertiary/aromatic N) is 2. The van der Waals surface area contributed by atoms with Gasteiger partial charge in [-0.3, -0.25) is 9.59 Å². The minimum Gasteiger partial charge on any atom is -0.310 e. The van der Waals surface area contributed by atoms with Crippen LogP contribution in [-0.2, 0) is 6.54 Å². The van der Waals surface area contributed by atoms with Gasteiger partial charge in [0.25, 0.3) is 11.5 Å². The molecule has 1 N–H and O–H groups in total. The van der Waals surface area contributed by atoms with Crippen molar-refractivity contribution in [2.24, 2.45) is 5.10 Å². The molecule has 0 aliphatic heterocycles. The number of hydrazone groups is 1. The summed E-state index contributed by atoms with van der Waals surface area (Å²) in [5.74, 6) is -0.552. The molecule has 0 atom stereocenters. The van der Waals surface area contributed by atoms with E-state index in [2.05, 4.69) is 10.5 Å². The van der Waals surface area contributed by atoms with Gasteiger partial charge >= 0.3 is 0 Å². The lowest BCUT2D eigenvalue weighted by Gasteiger charge is -2.08. The lowest BCUT2D eigenvalue weighted by Crippen LogP contribution is -2.30. The second-order valence-corrected chi connectivity index (χ2v) is 6.53. The van der Waals surface area contributed by atoms with Crippen LogP contribution in [0.25, 0.3) is 0 Å². The number of halogens is 1. The zero-order chi connectivity index (χ0) is 19.2. The van der Waals surface area contributed by atoms with Crippen LogP contribution < -0.4 is 11.0 Å². The fourth-order valence-electron chi connectivity index (χ4n) is 2.62. The van der Waals surface area contributed by atoms with Crippen molar-refractivity contribution < 1.29 is 4.79 Å². The van der Waals surface area contributed by atoms with Gasteiger partial charge in [-0.1, -0.05) is 53.6 Å². The van der Waals surface area contributed by atoms with Crippen molar-refractivity contribution in [3.63, 3.8) is 0 Å². The maximum atomic E-state index is 12.6. The SMILES string of the molecule is Cc1cccc(Cn2cccc(C(=O)N/N=C\c3ccc(Cl)cc3)c2=O)c1. The van der Waals surface area contributed by atoms with Gasteiger partial charge in [-0.25, -0.2) is 5.43 Å². The Labute approximate surface area is 161 Å². The smallest absolute Gasteiger partial charge is 0.276 e. The Balaban J connectivity index is 1.73. The van der Waals surface area contributed by atoms with E-state index in [4.69, 9.17) is 11.6 Å². The first-order chi connectivity index (χ1) is 13.0. The van der Waals surface area contributed by atoms with E-state index in [1.165, 1.54) is 16.8 Å². The predicted molar refractivity (Wildman–Crippen MR) is 107 cm³/mol. The topological polar surface area (TPSA) is 63.5 Å². The highest BCUT2D eigenvalue weighted by Crippen LogP contribution is 2.08. The molecule has 0 radical (unpaired) electrons. The Kier molecular flexibility index (Phi) is 5.84. The molecule has 0 bridgehead atoms. The molecule has 0 saturated heterocycles. The van der Waals surface area contributed by atoms with Crippen LogP contribution in [0.2, 0.25) is 5.02 Å². The molecule has 0 aliphatic rings. The van der Waals surface area contributed by atoms with Gasteiger partial charge in [-0.2, -0.15) is 5.10 Å². The van der Waals surface area contributed by atoms with Gasteiger partial charge in [-0.15, -0.1) is 0 Å². The molecule has 5 nitrogen and oxygen atoms in total. The van der Waals surface area contributed by atoms with Gasteiger partial charge in [-0.05, 0) is 42.3 Å². The number of carbonyl (C=O) groups is 1. The normalized spacial score (nSPS) is 10.9. The number of benzene rings is 2. The van der Waals surface area contributed by atoms with Crippen molar-refractivity contribution in [1.29, 1.82) is 0 Å². The molecular formula is C21H18ClN3O2. The average molecular weight is 380 g/mol. The number of nitrogens with one attached hydrogen (secondary N) is 1. The Morgan fingerprint density at radius 1 is 1.15 bits per heavy atom. The Bertz CT molecular complexity index is 1040. The molecule has 136 valence electrons. The fraction of sp³-hybridized carbons (Fsp3) is 0.0952. The van der Waals surface area contributed by atoms with E-state index in [1.54, 1.807) is 36.5 Å². The van der Waals surface area contributed by atoms with E-state index >= 15 is 0 Å². The Morgan fingerprint density at radius 3 is 2.67 bits per heavy atom. The van der Waals surface area contributed by atoms with Crippen molar-refractivity contribution >= 4 is 23.7 Å². The van der Waals surface area contributed by atoms with Crippen molar-refractivity contribution in [1.82, 2.24) is 9.99 Å². The van der Waals surface area contributed by atoms with E-state index < -0.39 is 5.91 Å². The van der Waals surface area contributed by atoms with Crippen LogP contribution in [0.15, 0.2) is 76.8 Å². The molecule has 6 heteroatoms. The zero-order valence-corrected chi connectivity index (χ0v) is 15.5. The first-order valence-electron chi connectivity index (χ1n) is 8.37. The Morgan fingerprint density at radius 2 is 1.93 bits per heavy atom. The van der Waals surface area contributed by atoms with Crippen LogP contribution >= 0.6 is 11.6 Å². The van der Waals surface area contributed by atoms with Crippen molar-refractivity contribution in [2.45, 2.75) is 13.5 Å². The molecule has 2 aromatic carbocycles. The Hall–Kier alpha value is -3.18. The van der Waals surface area contributed by atoms with Crippen molar-refractivity contribution in [3.05, 3.63) is 104 Å². The molecule has 3 aromatic rings. The molecule has 1 amide bonds. The van der Waals surface area contributed by atoms with Gasteiger partial charge in [0, 0.05) is 11.2 Å². The molecule has 0 saturated carbocycles. The van der Waals surface area contributed by atoms with E-state index in [0.29, 0.717) is 11.6 Å². The maximum Gasteiger partial charge on any atom is 0.276 e. The highest BCUT2D eigenvalue weighted by atomic mass is 35.5. The standard InChI is InChI=1S/C21H18ClN3O2/c1-15-4-2-5-17(12-15)14-25-11-3-6-19(21(25)27)20(26)24-23-13-16-7-9-18(22)10-8-16/h2-13H,14H2,1H3,(H,24,26)/b23-13-. The monoisotopic (exact) mass is 379 g/mol. The minimum atomic E-state index is -0.552. The fourth-order valence-corrected chi connectivity index (χ4v) is 2.74. The lowest BCUT2D eigenvalue weighted by atomic mass is 10.1. The summed E-state index contributed by atoms with van der Waals surface area (Å²) in [4.78, 5) is 24.9. The van der Waals surface area contributed by atoms with Crippen LogP contribution in [0.1, 0.15) is 27.0 Å². The summed E-state index contributed by atoms with van der Waals surface area (Å²) >= 11 is 5.82. The van der Waals surface area contributed by atoms with E-state index in [0.717, 1.165) is 16.7 Å². The summed E-state index contributed by atoms with van der Waals surface area (Å²) in [5.41, 5.74) is 4.96. The maximum absolute atomic E-state index is 12.6. The summed E-state index contributed by atoms with van der Waals surface area (Å²) in [6, 6.07) is 18.1. The summed E-state index contributed by atoms with van der Waals surface area (Å²) in [6.07, 6.45) is 3.15. The molecular weight excluding hydrogens is 362 g/mol. The summed E-state index contributed by atoms with van der Waals surface area (Å²) in [6.45, 7) is 2.39. The molecule has 1 heterocycles. The van der Waals surface area contributed by atoms with Crippen molar-refractivity contribution in [2.75, 3.05) is 0 Å². The number of carbonyl (C=O) groups excluding carboxylic acids is 1. The molecule has 3 rings (SSSR count). The molecule has 0 aliphatic carbocycles. The van der Waals surface area contributed by atoms with Gasteiger partial charge in [0.2, 0.25) is 0 Å². The quantitative estimate of drug-likeness (QED) is 0.543. The number of aryl methyl sites for hydroxylation is 1. The van der Waals surface area contributed by atoms with Crippen LogP contribution in [0.5, 0.6) is 0 Å². The average Bonchev–Trinajstić information content (AvgIpc) is 2.65. The van der Waals surface area contributed by atoms with Crippen LogP contribution in [-0.4, -0.2) is 16.7 Å².